The van der Waals surface area contributed by atoms with Crippen molar-refractivity contribution in [3.8, 4) is 6.07 Å². The van der Waals surface area contributed by atoms with Gasteiger partial charge in [-0.15, -0.1) is 11.6 Å². The van der Waals surface area contributed by atoms with Crippen LogP contribution in [0.4, 0.5) is 0 Å². The predicted octanol–water partition coefficient (Wildman–Crippen LogP) is 2.97. The first kappa shape index (κ1) is 14.3. The molecule has 1 aliphatic rings. The van der Waals surface area contributed by atoms with Crippen LogP contribution in [0.5, 0.6) is 0 Å². The Labute approximate surface area is 119 Å². The summed E-state index contributed by atoms with van der Waals surface area (Å²) in [7, 11) is 0. The average molecular weight is 279 g/mol. The van der Waals surface area contributed by atoms with Gasteiger partial charge in [0.25, 0.3) is 0 Å². The van der Waals surface area contributed by atoms with Crippen molar-refractivity contribution < 1.29 is 4.74 Å². The van der Waals surface area contributed by atoms with Gasteiger partial charge in [0.05, 0.1) is 25.3 Å². The molecule has 0 N–H and O–H groups in total. The van der Waals surface area contributed by atoms with E-state index in [9.17, 15) is 5.26 Å². The summed E-state index contributed by atoms with van der Waals surface area (Å²) in [6.07, 6.45) is 0.613. The highest BCUT2D eigenvalue weighted by Crippen LogP contribution is 2.39. The molecule has 3 nitrogen and oxygen atoms in total. The number of morpholine rings is 1. The summed E-state index contributed by atoms with van der Waals surface area (Å²) in [6, 6.07) is 12.3. The first-order valence-electron chi connectivity index (χ1n) is 6.68. The first-order chi connectivity index (χ1) is 9.21. The lowest BCUT2D eigenvalue weighted by molar-refractivity contribution is 0.0101. The molecule has 0 radical (unpaired) electrons. The Hall–Kier alpha value is -1.08. The Balaban J connectivity index is 2.36. The highest BCUT2D eigenvalue weighted by atomic mass is 35.5. The lowest BCUT2D eigenvalue weighted by Gasteiger charge is -2.40. The molecule has 0 spiro atoms. The number of ether oxygens (including phenoxy) is 1. The van der Waals surface area contributed by atoms with Crippen molar-refractivity contribution in [3.05, 3.63) is 35.9 Å². The van der Waals surface area contributed by atoms with Crippen LogP contribution >= 0.6 is 11.6 Å². The minimum absolute atomic E-state index is 0.0886. The van der Waals surface area contributed by atoms with E-state index in [4.69, 9.17) is 16.3 Å². The number of rotatable bonds is 4. The highest BCUT2D eigenvalue weighted by molar-refractivity contribution is 6.26. The van der Waals surface area contributed by atoms with E-state index in [0.717, 1.165) is 18.7 Å². The zero-order valence-corrected chi connectivity index (χ0v) is 11.9. The number of alkyl halides is 1. The van der Waals surface area contributed by atoms with Gasteiger partial charge in [0.15, 0.2) is 0 Å². The van der Waals surface area contributed by atoms with Crippen LogP contribution in [0.3, 0.4) is 0 Å². The molecule has 0 unspecified atom stereocenters. The van der Waals surface area contributed by atoms with Crippen LogP contribution in [0.1, 0.15) is 24.9 Å². The molecule has 102 valence electrons. The van der Waals surface area contributed by atoms with E-state index in [-0.39, 0.29) is 6.04 Å². The molecule has 0 bridgehead atoms. The van der Waals surface area contributed by atoms with E-state index in [2.05, 4.69) is 11.0 Å². The Morgan fingerprint density at radius 2 is 2.00 bits per heavy atom. The Morgan fingerprint density at radius 1 is 1.37 bits per heavy atom. The summed E-state index contributed by atoms with van der Waals surface area (Å²) in [6.45, 7) is 4.99. The van der Waals surface area contributed by atoms with Crippen LogP contribution in [0, 0.1) is 11.3 Å². The molecule has 0 aliphatic carbocycles. The third-order valence-corrected chi connectivity index (χ3v) is 4.22. The molecule has 1 fully saturated rings. The van der Waals surface area contributed by atoms with E-state index in [1.807, 2.05) is 37.3 Å². The molecule has 2 rings (SSSR count). The predicted molar refractivity (Wildman–Crippen MR) is 76.1 cm³/mol. The molecule has 1 saturated heterocycles. The molecular formula is C15H19ClN2O. The maximum absolute atomic E-state index is 9.51. The molecule has 1 aromatic rings. The standard InChI is InChI=1S/C15H19ClN2O/c1-2-15(16,12-17)14(13-6-4-3-5-7-13)18-8-10-19-11-9-18/h3-7,14H,2,8-11H2,1H3/t14-,15+/m0/s1. The highest BCUT2D eigenvalue weighted by Gasteiger charge is 2.40. The third kappa shape index (κ3) is 3.09. The number of benzene rings is 1. The smallest absolute Gasteiger partial charge is 0.150 e. The SMILES string of the molecule is CC[C@@](Cl)(C#N)[C@H](c1ccccc1)N1CCOCC1. The number of hydrogen-bond donors (Lipinski definition) is 0. The number of nitriles is 1. The van der Waals surface area contributed by atoms with E-state index >= 15 is 0 Å². The van der Waals surface area contributed by atoms with Crippen LogP contribution in [0.15, 0.2) is 30.3 Å². The molecule has 1 aliphatic heterocycles. The Bertz CT molecular complexity index is 439. The third-order valence-electron chi connectivity index (χ3n) is 3.66. The van der Waals surface area contributed by atoms with Gasteiger partial charge in [0.2, 0.25) is 0 Å². The van der Waals surface area contributed by atoms with Gasteiger partial charge in [-0.25, -0.2) is 0 Å². The van der Waals surface area contributed by atoms with Crippen molar-refractivity contribution in [1.29, 1.82) is 5.26 Å². The molecule has 4 heteroatoms. The molecule has 19 heavy (non-hydrogen) atoms. The summed E-state index contributed by atoms with van der Waals surface area (Å²) in [5, 5.41) is 9.51. The fraction of sp³-hybridized carbons (Fsp3) is 0.533. The zero-order chi connectivity index (χ0) is 13.7. The average Bonchev–Trinajstić information content (AvgIpc) is 2.49. The minimum atomic E-state index is -0.890. The van der Waals surface area contributed by atoms with Gasteiger partial charge in [-0.2, -0.15) is 5.26 Å². The zero-order valence-electron chi connectivity index (χ0n) is 11.2. The summed E-state index contributed by atoms with van der Waals surface area (Å²) < 4.78 is 5.40. The van der Waals surface area contributed by atoms with Gasteiger partial charge in [-0.3, -0.25) is 4.90 Å². The van der Waals surface area contributed by atoms with Gasteiger partial charge >= 0.3 is 0 Å². The normalized spacial score (nSPS) is 21.3. The molecule has 0 aromatic heterocycles. The van der Waals surface area contributed by atoms with Gasteiger partial charge in [-0.05, 0) is 12.0 Å². The van der Waals surface area contributed by atoms with Crippen molar-refractivity contribution in [3.63, 3.8) is 0 Å². The number of halogens is 1. The van der Waals surface area contributed by atoms with Gasteiger partial charge < -0.3 is 4.74 Å². The van der Waals surface area contributed by atoms with E-state index < -0.39 is 4.87 Å². The van der Waals surface area contributed by atoms with E-state index in [1.54, 1.807) is 0 Å². The van der Waals surface area contributed by atoms with Gasteiger partial charge in [-0.1, -0.05) is 37.3 Å². The van der Waals surface area contributed by atoms with E-state index in [0.29, 0.717) is 19.6 Å². The van der Waals surface area contributed by atoms with Crippen molar-refractivity contribution >= 4 is 11.6 Å². The van der Waals surface area contributed by atoms with Crippen LogP contribution in [-0.4, -0.2) is 36.1 Å². The second kappa shape index (κ2) is 6.38. The van der Waals surface area contributed by atoms with Crippen molar-refractivity contribution in [2.24, 2.45) is 0 Å². The second-order valence-electron chi connectivity index (χ2n) is 4.79. The number of hydrogen-bond acceptors (Lipinski definition) is 3. The molecule has 1 aromatic carbocycles. The molecule has 0 saturated carbocycles. The molecule has 2 atom stereocenters. The quantitative estimate of drug-likeness (QED) is 0.795. The van der Waals surface area contributed by atoms with Gasteiger partial charge in [0.1, 0.15) is 4.87 Å². The lowest BCUT2D eigenvalue weighted by Crippen LogP contribution is -2.46. The Morgan fingerprint density at radius 3 is 2.53 bits per heavy atom. The summed E-state index contributed by atoms with van der Waals surface area (Å²) in [5.41, 5.74) is 1.10. The van der Waals surface area contributed by atoms with Crippen LogP contribution in [0.2, 0.25) is 0 Å². The van der Waals surface area contributed by atoms with E-state index in [1.165, 1.54) is 0 Å². The molecule has 1 heterocycles. The Kier molecular flexibility index (Phi) is 4.81. The fourth-order valence-electron chi connectivity index (χ4n) is 2.57. The number of nitrogens with zero attached hydrogens (tertiary/aromatic N) is 2. The molecular weight excluding hydrogens is 260 g/mol. The van der Waals surface area contributed by atoms with Crippen LogP contribution in [0.25, 0.3) is 0 Å². The first-order valence-corrected chi connectivity index (χ1v) is 7.06. The topological polar surface area (TPSA) is 36.3 Å². The van der Waals surface area contributed by atoms with Gasteiger partial charge in [0, 0.05) is 13.1 Å². The summed E-state index contributed by atoms with van der Waals surface area (Å²) in [4.78, 5) is 1.37. The largest absolute Gasteiger partial charge is 0.379 e. The van der Waals surface area contributed by atoms with Crippen molar-refractivity contribution in [1.82, 2.24) is 4.90 Å². The van der Waals surface area contributed by atoms with Crippen LogP contribution < -0.4 is 0 Å². The summed E-state index contributed by atoms with van der Waals surface area (Å²) >= 11 is 6.60. The second-order valence-corrected chi connectivity index (χ2v) is 5.46. The molecule has 0 amide bonds. The fourth-order valence-corrected chi connectivity index (χ4v) is 2.83. The summed E-state index contributed by atoms with van der Waals surface area (Å²) in [5.74, 6) is 0. The van der Waals surface area contributed by atoms with Crippen molar-refractivity contribution in [2.75, 3.05) is 26.3 Å². The lowest BCUT2D eigenvalue weighted by atomic mass is 9.89. The van der Waals surface area contributed by atoms with Crippen molar-refractivity contribution in [2.45, 2.75) is 24.3 Å². The maximum Gasteiger partial charge on any atom is 0.150 e. The monoisotopic (exact) mass is 278 g/mol. The van der Waals surface area contributed by atoms with Crippen LogP contribution in [-0.2, 0) is 4.74 Å². The minimum Gasteiger partial charge on any atom is -0.379 e. The maximum atomic E-state index is 9.51.